The van der Waals surface area contributed by atoms with E-state index in [0.717, 1.165) is 25.9 Å². The van der Waals surface area contributed by atoms with Crippen molar-refractivity contribution in [3.05, 3.63) is 47.4 Å². The summed E-state index contributed by atoms with van der Waals surface area (Å²) < 4.78 is 14.5. The number of fused-ring (bicyclic) bond motifs is 1. The number of hydrogen-bond acceptors (Lipinski definition) is 5. The van der Waals surface area contributed by atoms with Gasteiger partial charge in [0.15, 0.2) is 0 Å². The van der Waals surface area contributed by atoms with Crippen LogP contribution in [0, 0.1) is 5.82 Å². The average Bonchev–Trinajstić information content (AvgIpc) is 3.29. The first kappa shape index (κ1) is 21.3. The molecule has 31 heavy (non-hydrogen) atoms. The Labute approximate surface area is 183 Å². The van der Waals surface area contributed by atoms with Gasteiger partial charge in [0, 0.05) is 31.4 Å². The van der Waals surface area contributed by atoms with E-state index in [1.165, 1.54) is 23.9 Å². The summed E-state index contributed by atoms with van der Waals surface area (Å²) in [5, 5.41) is 5.29. The molecular formula is C22H23FN4O3S. The maximum absolute atomic E-state index is 14.5. The number of likely N-dealkylation sites (tertiary alicyclic amines) is 1. The van der Waals surface area contributed by atoms with Gasteiger partial charge >= 0.3 is 0 Å². The smallest absolute Gasteiger partial charge is 0.258 e. The second-order valence-corrected chi connectivity index (χ2v) is 8.97. The minimum absolute atomic E-state index is 0.0213. The summed E-state index contributed by atoms with van der Waals surface area (Å²) in [6.45, 7) is 3.31. The fourth-order valence-corrected chi connectivity index (χ4v) is 4.75. The lowest BCUT2D eigenvalue weighted by Gasteiger charge is -2.20. The molecule has 0 radical (unpaired) electrons. The first-order valence-corrected chi connectivity index (χ1v) is 11.1. The third-order valence-electron chi connectivity index (χ3n) is 5.41. The fraction of sp³-hybridized carbons (Fsp3) is 0.364. The second-order valence-electron chi connectivity index (χ2n) is 7.64. The number of benzene rings is 1. The molecule has 1 atom stereocenters. The van der Waals surface area contributed by atoms with Crippen molar-refractivity contribution in [1.29, 1.82) is 0 Å². The monoisotopic (exact) mass is 442 g/mol. The molecule has 1 aromatic heterocycles. The Kier molecular flexibility index (Phi) is 6.22. The summed E-state index contributed by atoms with van der Waals surface area (Å²) in [4.78, 5) is 43.3. The minimum Gasteiger partial charge on any atom is -0.342 e. The highest BCUT2D eigenvalue weighted by molar-refractivity contribution is 8.00. The van der Waals surface area contributed by atoms with Crippen molar-refractivity contribution in [3.8, 4) is 0 Å². The topological polar surface area (TPSA) is 91.4 Å². The van der Waals surface area contributed by atoms with Crippen LogP contribution in [0.15, 0.2) is 35.5 Å². The van der Waals surface area contributed by atoms with E-state index in [9.17, 15) is 18.8 Å². The highest BCUT2D eigenvalue weighted by Gasteiger charge is 2.26. The summed E-state index contributed by atoms with van der Waals surface area (Å²) in [6, 6.07) is 5.98. The molecule has 1 unspecified atom stereocenters. The van der Waals surface area contributed by atoms with Gasteiger partial charge < -0.3 is 15.5 Å². The molecule has 2 aliphatic heterocycles. The van der Waals surface area contributed by atoms with Crippen LogP contribution in [0.5, 0.6) is 0 Å². The molecule has 0 bridgehead atoms. The predicted molar refractivity (Wildman–Crippen MR) is 117 cm³/mol. The van der Waals surface area contributed by atoms with Crippen LogP contribution in [0.3, 0.4) is 0 Å². The van der Waals surface area contributed by atoms with Gasteiger partial charge in [0.2, 0.25) is 11.8 Å². The van der Waals surface area contributed by atoms with E-state index in [4.69, 9.17) is 0 Å². The molecule has 2 N–H and O–H groups in total. The van der Waals surface area contributed by atoms with Crippen molar-refractivity contribution in [3.63, 3.8) is 0 Å². The number of hydrogen-bond donors (Lipinski definition) is 2. The van der Waals surface area contributed by atoms with Gasteiger partial charge in [0.25, 0.3) is 5.91 Å². The summed E-state index contributed by atoms with van der Waals surface area (Å²) in [7, 11) is 0. The Hall–Kier alpha value is -2.94. The Morgan fingerprint density at radius 2 is 2.03 bits per heavy atom. The van der Waals surface area contributed by atoms with Crippen molar-refractivity contribution in [2.75, 3.05) is 23.7 Å². The third kappa shape index (κ3) is 4.71. The number of aromatic nitrogens is 1. The van der Waals surface area contributed by atoms with E-state index in [-0.39, 0.29) is 23.1 Å². The van der Waals surface area contributed by atoms with E-state index in [2.05, 4.69) is 15.6 Å². The van der Waals surface area contributed by atoms with Crippen LogP contribution in [-0.4, -0.2) is 45.9 Å². The highest BCUT2D eigenvalue weighted by atomic mass is 32.2. The van der Waals surface area contributed by atoms with Crippen molar-refractivity contribution >= 4 is 40.9 Å². The zero-order chi connectivity index (χ0) is 22.0. The Bertz CT molecular complexity index is 1040. The molecule has 3 amide bonds. The predicted octanol–water partition coefficient (Wildman–Crippen LogP) is 3.46. The maximum atomic E-state index is 14.5. The summed E-state index contributed by atoms with van der Waals surface area (Å²) in [5.41, 5.74) is 1.43. The van der Waals surface area contributed by atoms with Crippen molar-refractivity contribution in [1.82, 2.24) is 9.88 Å². The lowest BCUT2D eigenvalue weighted by atomic mass is 10.0. The van der Waals surface area contributed by atoms with E-state index in [1.54, 1.807) is 25.3 Å². The molecule has 1 aromatic carbocycles. The molecule has 4 rings (SSSR count). The van der Waals surface area contributed by atoms with E-state index in [1.807, 2.05) is 4.90 Å². The molecule has 2 aliphatic rings. The van der Waals surface area contributed by atoms with Gasteiger partial charge in [-0.05, 0) is 56.0 Å². The molecular weight excluding hydrogens is 419 g/mol. The molecule has 1 fully saturated rings. The molecule has 9 heteroatoms. The van der Waals surface area contributed by atoms with Crippen LogP contribution in [-0.2, 0) is 16.0 Å². The number of carbonyl (C=O) groups is 3. The van der Waals surface area contributed by atoms with E-state index in [0.29, 0.717) is 29.1 Å². The number of thioether (sulfide) groups is 1. The van der Waals surface area contributed by atoms with Crippen molar-refractivity contribution < 1.29 is 18.8 Å². The standard InChI is InChI=1S/C22H23FN4O3S/c1-13(22(30)27-9-2-3-10-27)31-21-15(5-4-8-24-21)20(29)26-18-12-17-14(11-16(18)23)6-7-19(28)25-17/h4-5,8,11-13H,2-3,6-7,9-10H2,1H3,(H,25,28)(H,26,29). The summed E-state index contributed by atoms with van der Waals surface area (Å²) in [6.07, 6.45) is 4.34. The molecule has 0 aliphatic carbocycles. The molecule has 162 valence electrons. The minimum atomic E-state index is -0.570. The summed E-state index contributed by atoms with van der Waals surface area (Å²) in [5.74, 6) is -1.22. The number of amides is 3. The van der Waals surface area contributed by atoms with Crippen LogP contribution >= 0.6 is 11.8 Å². The second kappa shape index (κ2) is 9.05. The SMILES string of the molecule is CC(Sc1ncccc1C(=O)Nc1cc2c(cc1F)CCC(=O)N2)C(=O)N1CCCC1. The molecule has 1 saturated heterocycles. The van der Waals surface area contributed by atoms with Gasteiger partial charge in [0.05, 0.1) is 16.5 Å². The van der Waals surface area contributed by atoms with E-state index >= 15 is 0 Å². The van der Waals surface area contributed by atoms with E-state index < -0.39 is 17.0 Å². The fourth-order valence-electron chi connectivity index (χ4n) is 3.75. The van der Waals surface area contributed by atoms with Gasteiger partial charge in [-0.1, -0.05) is 11.8 Å². The first-order valence-electron chi connectivity index (χ1n) is 10.3. The van der Waals surface area contributed by atoms with Gasteiger partial charge in [-0.25, -0.2) is 9.37 Å². The van der Waals surface area contributed by atoms with Crippen molar-refractivity contribution in [2.24, 2.45) is 0 Å². The zero-order valence-electron chi connectivity index (χ0n) is 17.1. The van der Waals surface area contributed by atoms with Crippen LogP contribution in [0.25, 0.3) is 0 Å². The van der Waals surface area contributed by atoms with Gasteiger partial charge in [-0.2, -0.15) is 0 Å². The number of aryl methyl sites for hydroxylation is 1. The number of halogens is 1. The van der Waals surface area contributed by atoms with Crippen molar-refractivity contribution in [2.45, 2.75) is 42.9 Å². The van der Waals surface area contributed by atoms with Crippen LogP contribution < -0.4 is 10.6 Å². The van der Waals surface area contributed by atoms with Crippen LogP contribution in [0.1, 0.15) is 42.1 Å². The van der Waals surface area contributed by atoms with Crippen LogP contribution in [0.2, 0.25) is 0 Å². The van der Waals surface area contributed by atoms with Gasteiger partial charge in [0.1, 0.15) is 10.8 Å². The van der Waals surface area contributed by atoms with Crippen LogP contribution in [0.4, 0.5) is 15.8 Å². The molecule has 3 heterocycles. The lowest BCUT2D eigenvalue weighted by Crippen LogP contribution is -2.34. The quantitative estimate of drug-likeness (QED) is 0.692. The zero-order valence-corrected chi connectivity index (χ0v) is 17.9. The molecule has 0 spiro atoms. The largest absolute Gasteiger partial charge is 0.342 e. The Morgan fingerprint density at radius 3 is 2.81 bits per heavy atom. The third-order valence-corrected chi connectivity index (χ3v) is 6.51. The normalized spacial score (nSPS) is 16.5. The number of anilines is 2. The average molecular weight is 443 g/mol. The number of nitrogens with one attached hydrogen (secondary N) is 2. The highest BCUT2D eigenvalue weighted by Crippen LogP contribution is 2.31. The number of rotatable bonds is 5. The van der Waals surface area contributed by atoms with Gasteiger partial charge in [-0.3, -0.25) is 14.4 Å². The molecule has 0 saturated carbocycles. The Balaban J connectivity index is 1.51. The Morgan fingerprint density at radius 1 is 1.26 bits per heavy atom. The number of nitrogens with zero attached hydrogens (tertiary/aromatic N) is 2. The number of carbonyl (C=O) groups excluding carboxylic acids is 3. The summed E-state index contributed by atoms with van der Waals surface area (Å²) >= 11 is 1.22. The first-order chi connectivity index (χ1) is 14.9. The lowest BCUT2D eigenvalue weighted by molar-refractivity contribution is -0.129. The number of pyridine rings is 1. The van der Waals surface area contributed by atoms with Gasteiger partial charge in [-0.15, -0.1) is 0 Å². The molecule has 7 nitrogen and oxygen atoms in total. The molecule has 2 aromatic rings. The maximum Gasteiger partial charge on any atom is 0.258 e.